The molecule has 0 amide bonds. The standard InChI is InChI=1S/C22H27N5O3/c1-5-6-13-29-19-11-8-10-18(14-19)17(3)25-30-15-20-16(2)9-7-12-21(20)24-22(28)27(4)26-23/h7-12,14,22-24,28H,13,15H2,1-4H3. The minimum absolute atomic E-state index is 0.211. The fourth-order valence-corrected chi connectivity index (χ4v) is 2.57. The van der Waals surface area contributed by atoms with Gasteiger partial charge in [-0.15, -0.1) is 5.92 Å². The van der Waals surface area contributed by atoms with Gasteiger partial charge in [-0.05, 0) is 44.5 Å². The number of hydrogen-bond donors (Lipinski definition) is 3. The molecule has 8 heteroatoms. The zero-order valence-corrected chi connectivity index (χ0v) is 17.6. The molecule has 1 unspecified atom stereocenters. The van der Waals surface area contributed by atoms with Crippen LogP contribution >= 0.6 is 0 Å². The molecule has 2 rings (SSSR count). The Hall–Kier alpha value is -3.57. The normalized spacial score (nSPS) is 11.7. The molecule has 2 aromatic carbocycles. The summed E-state index contributed by atoms with van der Waals surface area (Å²) in [5.74, 6) is 6.37. The van der Waals surface area contributed by atoms with E-state index in [0.29, 0.717) is 23.8 Å². The van der Waals surface area contributed by atoms with Crippen LogP contribution in [0.5, 0.6) is 5.75 Å². The van der Waals surface area contributed by atoms with Gasteiger partial charge >= 0.3 is 0 Å². The minimum atomic E-state index is -1.13. The summed E-state index contributed by atoms with van der Waals surface area (Å²) in [4.78, 5) is 5.59. The van der Waals surface area contributed by atoms with Gasteiger partial charge in [0.2, 0.25) is 6.35 Å². The Labute approximate surface area is 177 Å². The molecular formula is C22H27N5O3. The van der Waals surface area contributed by atoms with Crippen molar-refractivity contribution in [2.24, 2.45) is 10.4 Å². The SMILES string of the molecule is CC#CCOc1cccc(C(C)=NOCc2c(C)cccc2NC(O)N(C)N=N)c1. The minimum Gasteiger partial charge on any atom is -0.481 e. The Morgan fingerprint density at radius 3 is 2.80 bits per heavy atom. The first-order valence-electron chi connectivity index (χ1n) is 9.39. The van der Waals surface area contributed by atoms with E-state index in [1.807, 2.05) is 56.3 Å². The molecule has 0 fully saturated rings. The largest absolute Gasteiger partial charge is 0.481 e. The van der Waals surface area contributed by atoms with Gasteiger partial charge in [-0.2, -0.15) is 5.53 Å². The predicted octanol–water partition coefficient (Wildman–Crippen LogP) is 3.90. The fraction of sp³-hybridized carbons (Fsp3) is 0.318. The summed E-state index contributed by atoms with van der Waals surface area (Å²) in [5.41, 5.74) is 11.1. The summed E-state index contributed by atoms with van der Waals surface area (Å²) in [5, 5.41) is 21.5. The lowest BCUT2D eigenvalue weighted by Crippen LogP contribution is -2.34. The zero-order valence-electron chi connectivity index (χ0n) is 17.6. The Balaban J connectivity index is 2.08. The molecule has 158 valence electrons. The van der Waals surface area contributed by atoms with Gasteiger partial charge in [0.25, 0.3) is 0 Å². The van der Waals surface area contributed by atoms with Crippen LogP contribution in [0, 0.1) is 24.3 Å². The molecule has 0 saturated carbocycles. The number of aliphatic hydroxyl groups excluding tert-OH is 1. The Kier molecular flexibility index (Phi) is 8.66. The maximum absolute atomic E-state index is 10.1. The number of benzene rings is 2. The van der Waals surface area contributed by atoms with Gasteiger partial charge < -0.3 is 20.0 Å². The first-order chi connectivity index (χ1) is 14.5. The molecular weight excluding hydrogens is 382 g/mol. The van der Waals surface area contributed by atoms with E-state index in [9.17, 15) is 5.11 Å². The van der Waals surface area contributed by atoms with Crippen molar-refractivity contribution >= 4 is 11.4 Å². The Morgan fingerprint density at radius 1 is 1.30 bits per heavy atom. The van der Waals surface area contributed by atoms with Gasteiger partial charge in [0.15, 0.2) is 0 Å². The number of aryl methyl sites for hydroxylation is 1. The number of hydrogen-bond acceptors (Lipinski definition) is 7. The van der Waals surface area contributed by atoms with Crippen LogP contribution in [0.25, 0.3) is 0 Å². The van der Waals surface area contributed by atoms with Crippen LogP contribution in [-0.2, 0) is 11.4 Å². The van der Waals surface area contributed by atoms with Crippen molar-refractivity contribution in [3.8, 4) is 17.6 Å². The summed E-state index contributed by atoms with van der Waals surface area (Å²) in [6.07, 6.45) is -1.13. The number of nitrogens with one attached hydrogen (secondary N) is 2. The highest BCUT2D eigenvalue weighted by Gasteiger charge is 2.13. The highest BCUT2D eigenvalue weighted by Crippen LogP contribution is 2.22. The van der Waals surface area contributed by atoms with Crippen LogP contribution in [-0.4, -0.2) is 35.8 Å². The highest BCUT2D eigenvalue weighted by molar-refractivity contribution is 5.98. The van der Waals surface area contributed by atoms with Crippen LogP contribution in [0.2, 0.25) is 0 Å². The number of oxime groups is 1. The number of anilines is 1. The third-order valence-electron chi connectivity index (χ3n) is 4.36. The van der Waals surface area contributed by atoms with Crippen molar-refractivity contribution < 1.29 is 14.7 Å². The second kappa shape index (κ2) is 11.4. The summed E-state index contributed by atoms with van der Waals surface area (Å²) in [6, 6.07) is 13.2. The van der Waals surface area contributed by atoms with Crippen molar-refractivity contribution in [1.29, 1.82) is 5.53 Å². The average Bonchev–Trinajstić information content (AvgIpc) is 2.75. The molecule has 0 spiro atoms. The van der Waals surface area contributed by atoms with Crippen LogP contribution in [0.3, 0.4) is 0 Å². The summed E-state index contributed by atoms with van der Waals surface area (Å²) in [7, 11) is 1.50. The molecule has 0 aliphatic rings. The summed E-state index contributed by atoms with van der Waals surface area (Å²) < 4.78 is 5.58. The number of aliphatic hydroxyl groups is 1. The lowest BCUT2D eigenvalue weighted by Gasteiger charge is -2.22. The van der Waals surface area contributed by atoms with Crippen molar-refractivity contribution in [3.05, 3.63) is 59.2 Å². The molecule has 30 heavy (non-hydrogen) atoms. The van der Waals surface area contributed by atoms with Crippen molar-refractivity contribution in [1.82, 2.24) is 5.01 Å². The molecule has 3 N–H and O–H groups in total. The maximum atomic E-state index is 10.1. The summed E-state index contributed by atoms with van der Waals surface area (Å²) >= 11 is 0. The van der Waals surface area contributed by atoms with Crippen LogP contribution < -0.4 is 10.1 Å². The van der Waals surface area contributed by atoms with E-state index in [1.54, 1.807) is 6.92 Å². The monoisotopic (exact) mass is 409 g/mol. The smallest absolute Gasteiger partial charge is 0.221 e. The van der Waals surface area contributed by atoms with E-state index in [0.717, 1.165) is 21.7 Å². The molecule has 0 aromatic heterocycles. The lowest BCUT2D eigenvalue weighted by molar-refractivity contribution is 0.0391. The third kappa shape index (κ3) is 6.50. The predicted molar refractivity (Wildman–Crippen MR) is 116 cm³/mol. The molecule has 8 nitrogen and oxygen atoms in total. The van der Waals surface area contributed by atoms with Crippen LogP contribution in [0.4, 0.5) is 5.69 Å². The maximum Gasteiger partial charge on any atom is 0.221 e. The van der Waals surface area contributed by atoms with E-state index in [2.05, 4.69) is 27.5 Å². The van der Waals surface area contributed by atoms with Gasteiger partial charge in [0.1, 0.15) is 19.0 Å². The van der Waals surface area contributed by atoms with Crippen molar-refractivity contribution in [3.63, 3.8) is 0 Å². The van der Waals surface area contributed by atoms with Crippen molar-refractivity contribution in [2.45, 2.75) is 33.7 Å². The van der Waals surface area contributed by atoms with Crippen LogP contribution in [0.15, 0.2) is 52.8 Å². The molecule has 0 radical (unpaired) electrons. The van der Waals surface area contributed by atoms with Crippen molar-refractivity contribution in [2.75, 3.05) is 19.0 Å². The van der Waals surface area contributed by atoms with E-state index < -0.39 is 6.35 Å². The number of rotatable bonds is 10. The van der Waals surface area contributed by atoms with Gasteiger partial charge in [-0.1, -0.05) is 40.6 Å². The second-order valence-electron chi connectivity index (χ2n) is 6.49. The van der Waals surface area contributed by atoms with Gasteiger partial charge in [0.05, 0.1) is 5.71 Å². The highest BCUT2D eigenvalue weighted by atomic mass is 16.6. The lowest BCUT2D eigenvalue weighted by atomic mass is 10.1. The summed E-state index contributed by atoms with van der Waals surface area (Å²) in [6.45, 7) is 6.13. The number of ether oxygens (including phenoxy) is 1. The molecule has 0 aliphatic carbocycles. The number of nitrogens with zero attached hydrogens (tertiary/aromatic N) is 3. The van der Waals surface area contributed by atoms with Gasteiger partial charge in [0, 0.05) is 23.9 Å². The quantitative estimate of drug-likeness (QED) is 0.182. The molecule has 1 atom stereocenters. The van der Waals surface area contributed by atoms with E-state index in [4.69, 9.17) is 15.1 Å². The second-order valence-corrected chi connectivity index (χ2v) is 6.49. The average molecular weight is 409 g/mol. The molecule has 0 saturated heterocycles. The first kappa shape index (κ1) is 22.7. The van der Waals surface area contributed by atoms with Crippen LogP contribution in [0.1, 0.15) is 30.5 Å². The van der Waals surface area contributed by atoms with Gasteiger partial charge in [-0.3, -0.25) is 0 Å². The zero-order chi connectivity index (χ0) is 21.9. The molecule has 0 bridgehead atoms. The fourth-order valence-electron chi connectivity index (χ4n) is 2.57. The molecule has 2 aromatic rings. The molecule has 0 aliphatic heterocycles. The van der Waals surface area contributed by atoms with E-state index >= 15 is 0 Å². The van der Waals surface area contributed by atoms with E-state index in [1.165, 1.54) is 7.05 Å². The van der Waals surface area contributed by atoms with Gasteiger partial charge in [-0.25, -0.2) is 5.01 Å². The Morgan fingerprint density at radius 2 is 2.07 bits per heavy atom. The molecule has 0 heterocycles. The topological polar surface area (TPSA) is 103 Å². The van der Waals surface area contributed by atoms with E-state index in [-0.39, 0.29) is 6.61 Å². The third-order valence-corrected chi connectivity index (χ3v) is 4.36. The Bertz CT molecular complexity index is 949. The first-order valence-corrected chi connectivity index (χ1v) is 9.39.